The van der Waals surface area contributed by atoms with Crippen molar-refractivity contribution in [1.29, 1.82) is 0 Å². The summed E-state index contributed by atoms with van der Waals surface area (Å²) >= 11 is 0. The van der Waals surface area contributed by atoms with Gasteiger partial charge in [-0.25, -0.2) is 0 Å². The van der Waals surface area contributed by atoms with Crippen LogP contribution in [-0.4, -0.2) is 4.98 Å². The highest BCUT2D eigenvalue weighted by Crippen LogP contribution is 2.20. The van der Waals surface area contributed by atoms with E-state index in [1.807, 2.05) is 19.1 Å². The van der Waals surface area contributed by atoms with E-state index in [0.29, 0.717) is 0 Å². The van der Waals surface area contributed by atoms with Crippen molar-refractivity contribution in [2.75, 3.05) is 5.73 Å². The zero-order valence-electron chi connectivity index (χ0n) is 10.4. The summed E-state index contributed by atoms with van der Waals surface area (Å²) in [6, 6.07) is 12.5. The van der Waals surface area contributed by atoms with Crippen molar-refractivity contribution in [3.8, 4) is 11.3 Å². The van der Waals surface area contributed by atoms with Gasteiger partial charge in [0, 0.05) is 5.56 Å². The first kappa shape index (κ1) is 11.6. The van der Waals surface area contributed by atoms with Gasteiger partial charge in [0.1, 0.15) is 0 Å². The van der Waals surface area contributed by atoms with Crippen LogP contribution >= 0.6 is 0 Å². The van der Waals surface area contributed by atoms with Crippen molar-refractivity contribution in [3.05, 3.63) is 47.7 Å². The third-order valence-electron chi connectivity index (χ3n) is 2.92. The summed E-state index contributed by atoms with van der Waals surface area (Å²) in [4.78, 5) is 4.49. The maximum atomic E-state index is 5.77. The van der Waals surface area contributed by atoms with Crippen LogP contribution in [0.25, 0.3) is 11.3 Å². The van der Waals surface area contributed by atoms with Crippen molar-refractivity contribution >= 4 is 5.69 Å². The maximum absolute atomic E-state index is 5.77. The van der Waals surface area contributed by atoms with Crippen LogP contribution in [0.1, 0.15) is 24.6 Å². The maximum Gasteiger partial charge on any atom is 0.0706 e. The number of anilines is 1. The Morgan fingerprint density at radius 1 is 1.06 bits per heavy atom. The van der Waals surface area contributed by atoms with Crippen molar-refractivity contribution < 1.29 is 0 Å². The molecule has 1 heterocycles. The first-order chi connectivity index (χ1) is 8.20. The fourth-order valence-corrected chi connectivity index (χ4v) is 1.86. The minimum atomic E-state index is 0.747. The first-order valence-corrected chi connectivity index (χ1v) is 6.03. The molecule has 1 aromatic carbocycles. The zero-order chi connectivity index (χ0) is 12.3. The summed E-state index contributed by atoms with van der Waals surface area (Å²) in [5, 5.41) is 0. The molecule has 2 nitrogen and oxygen atoms in total. The number of aryl methyl sites for hydroxylation is 2. The number of nitrogens with two attached hydrogens (primary N) is 1. The van der Waals surface area contributed by atoms with Crippen LogP contribution in [0, 0.1) is 6.92 Å². The predicted molar refractivity (Wildman–Crippen MR) is 72.8 cm³/mol. The Kier molecular flexibility index (Phi) is 3.43. The van der Waals surface area contributed by atoms with E-state index in [0.717, 1.165) is 29.1 Å². The van der Waals surface area contributed by atoms with Crippen LogP contribution in [-0.2, 0) is 6.42 Å². The minimum absolute atomic E-state index is 0.747. The molecule has 0 spiro atoms. The number of nitrogens with zero attached hydrogens (tertiary/aromatic N) is 1. The summed E-state index contributed by atoms with van der Waals surface area (Å²) in [5.74, 6) is 0. The second-order valence-electron chi connectivity index (χ2n) is 4.32. The molecule has 88 valence electrons. The number of rotatable bonds is 3. The van der Waals surface area contributed by atoms with Crippen LogP contribution in [0.4, 0.5) is 5.69 Å². The Morgan fingerprint density at radius 3 is 2.35 bits per heavy atom. The number of hydrogen-bond acceptors (Lipinski definition) is 2. The molecule has 0 bridgehead atoms. The molecular weight excluding hydrogens is 208 g/mol. The fourth-order valence-electron chi connectivity index (χ4n) is 1.86. The number of nitrogen functional groups attached to an aromatic ring is 1. The van der Waals surface area contributed by atoms with Crippen LogP contribution in [0.15, 0.2) is 36.4 Å². The van der Waals surface area contributed by atoms with Gasteiger partial charge in [0.2, 0.25) is 0 Å². The molecule has 0 atom stereocenters. The average Bonchev–Trinajstić information content (AvgIpc) is 2.34. The Hall–Kier alpha value is -1.83. The Labute approximate surface area is 103 Å². The lowest BCUT2D eigenvalue weighted by atomic mass is 10.1. The van der Waals surface area contributed by atoms with Gasteiger partial charge in [-0.05, 0) is 31.0 Å². The molecular formula is C15H18N2. The van der Waals surface area contributed by atoms with Crippen LogP contribution in [0.2, 0.25) is 0 Å². The highest BCUT2D eigenvalue weighted by atomic mass is 14.7. The van der Waals surface area contributed by atoms with Gasteiger partial charge >= 0.3 is 0 Å². The van der Waals surface area contributed by atoms with E-state index < -0.39 is 0 Å². The Balaban J connectivity index is 2.30. The third kappa shape index (κ3) is 2.64. The van der Waals surface area contributed by atoms with Gasteiger partial charge in [-0.15, -0.1) is 0 Å². The normalized spacial score (nSPS) is 10.5. The van der Waals surface area contributed by atoms with E-state index in [-0.39, 0.29) is 0 Å². The Morgan fingerprint density at radius 2 is 1.76 bits per heavy atom. The molecule has 0 fully saturated rings. The molecule has 2 rings (SSSR count). The molecule has 0 unspecified atom stereocenters. The van der Waals surface area contributed by atoms with Crippen molar-refractivity contribution in [2.45, 2.75) is 26.7 Å². The summed E-state index contributed by atoms with van der Waals surface area (Å²) in [7, 11) is 0. The van der Waals surface area contributed by atoms with Gasteiger partial charge in [-0.1, -0.05) is 37.6 Å². The summed E-state index contributed by atoms with van der Waals surface area (Å²) in [6.45, 7) is 4.13. The van der Waals surface area contributed by atoms with E-state index in [9.17, 15) is 0 Å². The van der Waals surface area contributed by atoms with E-state index in [1.54, 1.807) is 0 Å². The fraction of sp³-hybridized carbons (Fsp3) is 0.267. The number of benzene rings is 1. The van der Waals surface area contributed by atoms with Gasteiger partial charge < -0.3 is 5.73 Å². The Bertz CT molecular complexity index is 501. The van der Waals surface area contributed by atoms with Crippen LogP contribution in [0.5, 0.6) is 0 Å². The van der Waals surface area contributed by atoms with E-state index in [2.05, 4.69) is 36.2 Å². The second-order valence-corrected chi connectivity index (χ2v) is 4.32. The smallest absolute Gasteiger partial charge is 0.0706 e. The zero-order valence-corrected chi connectivity index (χ0v) is 10.4. The average molecular weight is 226 g/mol. The lowest BCUT2D eigenvalue weighted by molar-refractivity contribution is 0.922. The molecule has 0 radical (unpaired) electrons. The second kappa shape index (κ2) is 5.00. The highest BCUT2D eigenvalue weighted by molar-refractivity contribution is 5.62. The summed E-state index contributed by atoms with van der Waals surface area (Å²) < 4.78 is 0. The molecule has 0 amide bonds. The van der Waals surface area contributed by atoms with E-state index in [1.165, 1.54) is 12.0 Å². The standard InChI is InChI=1S/C15H18N2/c1-3-4-12-5-7-13(8-6-12)15-10-9-14(16)11(2)17-15/h5-10H,3-4,16H2,1-2H3. The predicted octanol–water partition coefficient (Wildman–Crippen LogP) is 3.59. The number of pyridine rings is 1. The molecule has 2 aromatic rings. The van der Waals surface area contributed by atoms with Gasteiger partial charge in [0.15, 0.2) is 0 Å². The quantitative estimate of drug-likeness (QED) is 0.868. The van der Waals surface area contributed by atoms with Gasteiger partial charge in [-0.3, -0.25) is 4.98 Å². The summed E-state index contributed by atoms with van der Waals surface area (Å²) in [5.41, 5.74) is 10.9. The van der Waals surface area contributed by atoms with Crippen molar-refractivity contribution in [2.24, 2.45) is 0 Å². The molecule has 2 heteroatoms. The first-order valence-electron chi connectivity index (χ1n) is 6.03. The molecule has 0 saturated carbocycles. The topological polar surface area (TPSA) is 38.9 Å². The number of aromatic nitrogens is 1. The van der Waals surface area contributed by atoms with Crippen molar-refractivity contribution in [1.82, 2.24) is 4.98 Å². The molecule has 1 aromatic heterocycles. The van der Waals surface area contributed by atoms with E-state index >= 15 is 0 Å². The largest absolute Gasteiger partial charge is 0.397 e. The van der Waals surface area contributed by atoms with Crippen LogP contribution in [0.3, 0.4) is 0 Å². The molecule has 0 aliphatic carbocycles. The molecule has 17 heavy (non-hydrogen) atoms. The number of hydrogen-bond donors (Lipinski definition) is 1. The molecule has 0 aliphatic rings. The SMILES string of the molecule is CCCc1ccc(-c2ccc(N)c(C)n2)cc1. The monoisotopic (exact) mass is 226 g/mol. The van der Waals surface area contributed by atoms with Gasteiger partial charge in [0.25, 0.3) is 0 Å². The molecule has 0 saturated heterocycles. The lowest BCUT2D eigenvalue weighted by Crippen LogP contribution is -1.94. The van der Waals surface area contributed by atoms with Gasteiger partial charge in [0.05, 0.1) is 17.1 Å². The van der Waals surface area contributed by atoms with E-state index in [4.69, 9.17) is 5.73 Å². The lowest BCUT2D eigenvalue weighted by Gasteiger charge is -2.05. The van der Waals surface area contributed by atoms with Gasteiger partial charge in [-0.2, -0.15) is 0 Å². The third-order valence-corrected chi connectivity index (χ3v) is 2.92. The minimum Gasteiger partial charge on any atom is -0.397 e. The highest BCUT2D eigenvalue weighted by Gasteiger charge is 2.01. The van der Waals surface area contributed by atoms with Crippen LogP contribution < -0.4 is 5.73 Å². The molecule has 2 N–H and O–H groups in total. The van der Waals surface area contributed by atoms with Crippen molar-refractivity contribution in [3.63, 3.8) is 0 Å². The molecule has 0 aliphatic heterocycles. The summed E-state index contributed by atoms with van der Waals surface area (Å²) in [6.07, 6.45) is 2.31.